The molecule has 0 bridgehead atoms. The summed E-state index contributed by atoms with van der Waals surface area (Å²) in [5.41, 5.74) is 0.810. The SMILES string of the molecule is C[C@H]1CCCC[C@H]1NC(=O)COC(=O)c1ccc(C=O)cc1. The molecule has 0 heterocycles. The molecule has 1 aromatic rings. The van der Waals surface area contributed by atoms with Gasteiger partial charge in [0.1, 0.15) is 6.29 Å². The number of nitrogens with one attached hydrogen (secondary N) is 1. The summed E-state index contributed by atoms with van der Waals surface area (Å²) in [6, 6.07) is 6.26. The predicted molar refractivity (Wildman–Crippen MR) is 81.7 cm³/mol. The molecule has 0 unspecified atom stereocenters. The molecule has 1 saturated carbocycles. The van der Waals surface area contributed by atoms with Crippen molar-refractivity contribution < 1.29 is 19.1 Å². The quantitative estimate of drug-likeness (QED) is 0.669. The lowest BCUT2D eigenvalue weighted by Gasteiger charge is -2.29. The highest BCUT2D eigenvalue weighted by Gasteiger charge is 2.23. The van der Waals surface area contributed by atoms with Gasteiger partial charge in [0.05, 0.1) is 5.56 Å². The molecule has 22 heavy (non-hydrogen) atoms. The summed E-state index contributed by atoms with van der Waals surface area (Å²) in [6.07, 6.45) is 5.13. The number of ether oxygens (including phenoxy) is 1. The van der Waals surface area contributed by atoms with Crippen LogP contribution in [0.4, 0.5) is 0 Å². The van der Waals surface area contributed by atoms with Crippen molar-refractivity contribution in [1.29, 1.82) is 0 Å². The van der Waals surface area contributed by atoms with Gasteiger partial charge >= 0.3 is 5.97 Å². The number of aldehydes is 1. The minimum absolute atomic E-state index is 0.173. The molecule has 1 amide bonds. The highest BCUT2D eigenvalue weighted by Crippen LogP contribution is 2.23. The van der Waals surface area contributed by atoms with E-state index in [0.717, 1.165) is 19.3 Å². The molecule has 2 rings (SSSR count). The average molecular weight is 303 g/mol. The second-order valence-corrected chi connectivity index (χ2v) is 5.75. The van der Waals surface area contributed by atoms with Crippen LogP contribution in [0.2, 0.25) is 0 Å². The van der Waals surface area contributed by atoms with Gasteiger partial charge in [0.25, 0.3) is 5.91 Å². The first-order valence-electron chi connectivity index (χ1n) is 7.62. The molecular weight excluding hydrogens is 282 g/mol. The lowest BCUT2D eigenvalue weighted by Crippen LogP contribution is -2.42. The monoisotopic (exact) mass is 303 g/mol. The smallest absolute Gasteiger partial charge is 0.338 e. The topological polar surface area (TPSA) is 72.5 Å². The van der Waals surface area contributed by atoms with E-state index in [4.69, 9.17) is 4.74 Å². The van der Waals surface area contributed by atoms with Crippen LogP contribution in [0.5, 0.6) is 0 Å². The first-order valence-corrected chi connectivity index (χ1v) is 7.62. The van der Waals surface area contributed by atoms with Crippen LogP contribution in [0, 0.1) is 5.92 Å². The Morgan fingerprint density at radius 1 is 1.23 bits per heavy atom. The Kier molecular flexibility index (Phi) is 5.69. The first kappa shape index (κ1) is 16.2. The lowest BCUT2D eigenvalue weighted by atomic mass is 9.86. The van der Waals surface area contributed by atoms with Crippen molar-refractivity contribution in [3.8, 4) is 0 Å². The van der Waals surface area contributed by atoms with Crippen LogP contribution in [-0.2, 0) is 9.53 Å². The summed E-state index contributed by atoms with van der Waals surface area (Å²) in [7, 11) is 0. The van der Waals surface area contributed by atoms with Gasteiger partial charge < -0.3 is 10.1 Å². The molecule has 2 atom stereocenters. The highest BCUT2D eigenvalue weighted by atomic mass is 16.5. The van der Waals surface area contributed by atoms with Gasteiger partial charge in [-0.05, 0) is 30.9 Å². The molecule has 0 aliphatic heterocycles. The van der Waals surface area contributed by atoms with Gasteiger partial charge in [0, 0.05) is 11.6 Å². The van der Waals surface area contributed by atoms with E-state index in [1.54, 1.807) is 0 Å². The fourth-order valence-electron chi connectivity index (χ4n) is 2.69. The van der Waals surface area contributed by atoms with Crippen molar-refractivity contribution in [2.45, 2.75) is 38.6 Å². The van der Waals surface area contributed by atoms with Crippen LogP contribution < -0.4 is 5.32 Å². The maximum atomic E-state index is 11.9. The Labute approximate surface area is 130 Å². The Balaban J connectivity index is 1.79. The molecule has 0 saturated heterocycles. The van der Waals surface area contributed by atoms with Crippen LogP contribution in [-0.4, -0.2) is 30.8 Å². The first-order chi connectivity index (χ1) is 10.6. The van der Waals surface area contributed by atoms with E-state index in [-0.39, 0.29) is 18.6 Å². The van der Waals surface area contributed by atoms with Crippen molar-refractivity contribution in [3.63, 3.8) is 0 Å². The normalized spacial score (nSPS) is 21.0. The maximum absolute atomic E-state index is 11.9. The molecule has 0 spiro atoms. The van der Waals surface area contributed by atoms with E-state index in [1.807, 2.05) is 0 Å². The van der Waals surface area contributed by atoms with Crippen molar-refractivity contribution in [3.05, 3.63) is 35.4 Å². The highest BCUT2D eigenvalue weighted by molar-refractivity contribution is 5.92. The molecule has 1 aliphatic rings. The lowest BCUT2D eigenvalue weighted by molar-refractivity contribution is -0.125. The fourth-order valence-corrected chi connectivity index (χ4v) is 2.69. The molecule has 1 aromatic carbocycles. The zero-order valence-electron chi connectivity index (χ0n) is 12.7. The third-order valence-electron chi connectivity index (χ3n) is 4.07. The number of hydrogen-bond acceptors (Lipinski definition) is 4. The van der Waals surface area contributed by atoms with Crippen molar-refractivity contribution >= 4 is 18.2 Å². The minimum atomic E-state index is -0.565. The van der Waals surface area contributed by atoms with Gasteiger partial charge in [0.15, 0.2) is 6.61 Å². The summed E-state index contributed by atoms with van der Waals surface area (Å²) in [5, 5.41) is 2.93. The second-order valence-electron chi connectivity index (χ2n) is 5.75. The van der Waals surface area contributed by atoms with E-state index >= 15 is 0 Å². The van der Waals surface area contributed by atoms with Gasteiger partial charge in [-0.2, -0.15) is 0 Å². The Hall–Kier alpha value is -2.17. The molecule has 1 fully saturated rings. The van der Waals surface area contributed by atoms with Crippen LogP contribution in [0.3, 0.4) is 0 Å². The van der Waals surface area contributed by atoms with Gasteiger partial charge in [-0.15, -0.1) is 0 Å². The Bertz CT molecular complexity index is 538. The Morgan fingerprint density at radius 3 is 2.55 bits per heavy atom. The molecule has 5 heteroatoms. The maximum Gasteiger partial charge on any atom is 0.338 e. The van der Waals surface area contributed by atoms with E-state index in [1.165, 1.54) is 30.7 Å². The number of amides is 1. The van der Waals surface area contributed by atoms with Gasteiger partial charge in [0.2, 0.25) is 0 Å². The standard InChI is InChI=1S/C17H21NO4/c1-12-4-2-3-5-15(12)18-16(20)11-22-17(21)14-8-6-13(10-19)7-9-14/h6-10,12,15H,2-5,11H2,1H3,(H,18,20)/t12-,15+/m0/s1. The minimum Gasteiger partial charge on any atom is -0.452 e. The number of carbonyl (C=O) groups is 3. The molecule has 0 aromatic heterocycles. The molecular formula is C17H21NO4. The molecule has 0 radical (unpaired) electrons. The third kappa shape index (κ3) is 4.41. The number of esters is 1. The number of hydrogen-bond donors (Lipinski definition) is 1. The van der Waals surface area contributed by atoms with Gasteiger partial charge in [-0.3, -0.25) is 9.59 Å². The average Bonchev–Trinajstić information content (AvgIpc) is 2.55. The third-order valence-corrected chi connectivity index (χ3v) is 4.07. The Morgan fingerprint density at radius 2 is 1.91 bits per heavy atom. The van der Waals surface area contributed by atoms with Crippen LogP contribution in [0.25, 0.3) is 0 Å². The summed E-state index contributed by atoms with van der Waals surface area (Å²) in [5.74, 6) is -0.370. The van der Waals surface area contributed by atoms with Crippen molar-refractivity contribution in [2.24, 2.45) is 5.92 Å². The van der Waals surface area contributed by atoms with E-state index < -0.39 is 5.97 Å². The summed E-state index contributed by atoms with van der Waals surface area (Å²) in [6.45, 7) is 1.85. The van der Waals surface area contributed by atoms with E-state index in [0.29, 0.717) is 23.3 Å². The van der Waals surface area contributed by atoms with Crippen molar-refractivity contribution in [2.75, 3.05) is 6.61 Å². The van der Waals surface area contributed by atoms with Gasteiger partial charge in [-0.1, -0.05) is 31.9 Å². The van der Waals surface area contributed by atoms with Crippen molar-refractivity contribution in [1.82, 2.24) is 5.32 Å². The largest absolute Gasteiger partial charge is 0.452 e. The number of benzene rings is 1. The zero-order valence-corrected chi connectivity index (χ0v) is 12.7. The predicted octanol–water partition coefficient (Wildman–Crippen LogP) is 2.35. The van der Waals surface area contributed by atoms with E-state index in [2.05, 4.69) is 12.2 Å². The van der Waals surface area contributed by atoms with Crippen LogP contribution in [0.15, 0.2) is 24.3 Å². The number of carbonyl (C=O) groups excluding carboxylic acids is 3. The molecule has 118 valence electrons. The van der Waals surface area contributed by atoms with E-state index in [9.17, 15) is 14.4 Å². The second kappa shape index (κ2) is 7.73. The summed E-state index contributed by atoms with van der Waals surface area (Å²) >= 11 is 0. The van der Waals surface area contributed by atoms with Crippen LogP contribution >= 0.6 is 0 Å². The van der Waals surface area contributed by atoms with Crippen LogP contribution in [0.1, 0.15) is 53.3 Å². The molecule has 1 N–H and O–H groups in total. The molecule has 5 nitrogen and oxygen atoms in total. The zero-order chi connectivity index (χ0) is 15.9. The summed E-state index contributed by atoms with van der Waals surface area (Å²) < 4.78 is 5.00. The van der Waals surface area contributed by atoms with Gasteiger partial charge in [-0.25, -0.2) is 4.79 Å². The number of rotatable bonds is 5. The fraction of sp³-hybridized carbons (Fsp3) is 0.471. The summed E-state index contributed by atoms with van der Waals surface area (Å²) in [4.78, 5) is 34.2. The molecule has 1 aliphatic carbocycles.